The van der Waals surface area contributed by atoms with Crippen LogP contribution in [0.4, 0.5) is 4.39 Å². The van der Waals surface area contributed by atoms with E-state index in [9.17, 15) is 4.39 Å². The Morgan fingerprint density at radius 3 is 2.83 bits per heavy atom. The summed E-state index contributed by atoms with van der Waals surface area (Å²) < 4.78 is 15.3. The van der Waals surface area contributed by atoms with Crippen molar-refractivity contribution >= 4 is 10.9 Å². The molecular weight excluding hydrogens is 291 g/mol. The lowest BCUT2D eigenvalue weighted by Crippen LogP contribution is -2.24. The second kappa shape index (κ2) is 6.54. The Bertz CT molecular complexity index is 783. The predicted molar refractivity (Wildman–Crippen MR) is 91.9 cm³/mol. The summed E-state index contributed by atoms with van der Waals surface area (Å²) in [5.74, 6) is -0.220. The van der Waals surface area contributed by atoms with Crippen LogP contribution in [0, 0.1) is 5.82 Å². The van der Waals surface area contributed by atoms with Crippen molar-refractivity contribution in [1.29, 1.82) is 0 Å². The number of hydrogen-bond acceptors (Lipinski definition) is 2. The number of benzene rings is 1. The number of hydrogen-bond donors (Lipinski definition) is 1. The molecule has 5 heteroatoms. The first-order valence-electron chi connectivity index (χ1n) is 7.81. The lowest BCUT2D eigenvalue weighted by molar-refractivity contribution is 0.316. The van der Waals surface area contributed by atoms with Gasteiger partial charge in [0.1, 0.15) is 5.82 Å². The molecule has 3 heterocycles. The molecule has 1 aliphatic rings. The van der Waals surface area contributed by atoms with Gasteiger partial charge in [-0.1, -0.05) is 7.43 Å². The normalized spacial score (nSPS) is 15.2. The minimum atomic E-state index is -0.220. The number of rotatable bonds is 4. The maximum Gasteiger partial charge on any atom is 0.125 e. The van der Waals surface area contributed by atoms with Crippen molar-refractivity contribution in [2.24, 2.45) is 0 Å². The first-order valence-corrected chi connectivity index (χ1v) is 7.81. The van der Waals surface area contributed by atoms with E-state index in [-0.39, 0.29) is 13.2 Å². The summed E-state index contributed by atoms with van der Waals surface area (Å²) >= 11 is 0. The van der Waals surface area contributed by atoms with E-state index in [1.165, 1.54) is 38.1 Å². The number of halogens is 1. The lowest BCUT2D eigenvalue weighted by Gasteiger charge is -2.13. The van der Waals surface area contributed by atoms with Crippen LogP contribution < -0.4 is 0 Å². The number of likely N-dealkylation sites (tertiary alicyclic amines) is 1. The van der Waals surface area contributed by atoms with E-state index in [0.717, 1.165) is 35.1 Å². The molecule has 4 rings (SSSR count). The van der Waals surface area contributed by atoms with Crippen molar-refractivity contribution in [3.63, 3.8) is 0 Å². The van der Waals surface area contributed by atoms with Gasteiger partial charge in [-0.05, 0) is 44.1 Å². The van der Waals surface area contributed by atoms with Gasteiger partial charge in [0.2, 0.25) is 0 Å². The highest BCUT2D eigenvalue weighted by Crippen LogP contribution is 2.28. The number of aromatic amines is 1. The topological polar surface area (TPSA) is 36.9 Å². The molecule has 122 valence electrons. The zero-order valence-corrected chi connectivity index (χ0v) is 12.4. The second-order valence-electron chi connectivity index (χ2n) is 5.93. The zero-order chi connectivity index (χ0) is 14.9. The van der Waals surface area contributed by atoms with Crippen LogP contribution in [-0.4, -0.2) is 39.3 Å². The van der Waals surface area contributed by atoms with Gasteiger partial charge in [-0.3, -0.25) is 4.68 Å². The van der Waals surface area contributed by atoms with Crippen LogP contribution in [-0.2, 0) is 6.54 Å². The highest BCUT2D eigenvalue weighted by atomic mass is 19.1. The minimum Gasteiger partial charge on any atom is -0.360 e. The van der Waals surface area contributed by atoms with Crippen molar-refractivity contribution in [2.45, 2.75) is 26.8 Å². The number of fused-ring (bicyclic) bond motifs is 1. The van der Waals surface area contributed by atoms with Gasteiger partial charge >= 0.3 is 0 Å². The molecule has 1 aliphatic heterocycles. The zero-order valence-electron chi connectivity index (χ0n) is 12.4. The average Bonchev–Trinajstić information content (AvgIpc) is 3.25. The Labute approximate surface area is 135 Å². The van der Waals surface area contributed by atoms with Crippen molar-refractivity contribution < 1.29 is 4.39 Å². The Morgan fingerprint density at radius 2 is 2.00 bits per heavy atom. The molecule has 0 aliphatic carbocycles. The Balaban J connectivity index is 0.00000156. The van der Waals surface area contributed by atoms with E-state index in [2.05, 4.69) is 21.2 Å². The van der Waals surface area contributed by atoms with Gasteiger partial charge in [0.25, 0.3) is 0 Å². The molecule has 23 heavy (non-hydrogen) atoms. The van der Waals surface area contributed by atoms with Gasteiger partial charge in [-0.15, -0.1) is 0 Å². The first kappa shape index (κ1) is 15.7. The fourth-order valence-corrected chi connectivity index (χ4v) is 3.21. The molecule has 1 saturated heterocycles. The fourth-order valence-electron chi connectivity index (χ4n) is 3.21. The Morgan fingerprint density at radius 1 is 1.17 bits per heavy atom. The predicted octanol–water partition coefficient (Wildman–Crippen LogP) is 3.90. The average molecular weight is 314 g/mol. The van der Waals surface area contributed by atoms with Crippen molar-refractivity contribution in [1.82, 2.24) is 19.7 Å². The third-order valence-corrected chi connectivity index (χ3v) is 4.43. The molecule has 1 aromatic carbocycles. The standard InChI is InChI=1S/C17H19FN4.CH4/c18-14-3-4-15-16(11-19-17(15)9-14)13-10-20-22(12-13)8-7-21-5-1-2-6-21;/h3-4,9-12,19H,1-2,5-8H2;1H4. The summed E-state index contributed by atoms with van der Waals surface area (Å²) in [5.41, 5.74) is 2.96. The van der Waals surface area contributed by atoms with Gasteiger partial charge in [0.15, 0.2) is 0 Å². The largest absolute Gasteiger partial charge is 0.360 e. The lowest BCUT2D eigenvalue weighted by atomic mass is 10.1. The highest BCUT2D eigenvalue weighted by molar-refractivity contribution is 5.95. The van der Waals surface area contributed by atoms with Crippen molar-refractivity contribution in [3.8, 4) is 11.1 Å². The summed E-state index contributed by atoms with van der Waals surface area (Å²) in [6, 6.07) is 4.84. The molecular formula is C18H23FN4. The van der Waals surface area contributed by atoms with E-state index in [1.54, 1.807) is 0 Å². The van der Waals surface area contributed by atoms with E-state index in [1.807, 2.05) is 23.1 Å². The van der Waals surface area contributed by atoms with E-state index in [4.69, 9.17) is 0 Å². The van der Waals surface area contributed by atoms with Gasteiger partial charge in [-0.25, -0.2) is 4.39 Å². The van der Waals surface area contributed by atoms with Crippen molar-refractivity contribution in [3.05, 3.63) is 42.6 Å². The third kappa shape index (κ3) is 3.15. The summed E-state index contributed by atoms with van der Waals surface area (Å²) in [7, 11) is 0. The van der Waals surface area contributed by atoms with E-state index < -0.39 is 0 Å². The summed E-state index contributed by atoms with van der Waals surface area (Å²) in [5, 5.41) is 5.49. The monoisotopic (exact) mass is 314 g/mol. The molecule has 4 nitrogen and oxygen atoms in total. The maximum atomic E-state index is 13.3. The molecule has 1 N–H and O–H groups in total. The fraction of sp³-hybridized carbons (Fsp3) is 0.389. The van der Waals surface area contributed by atoms with Crippen molar-refractivity contribution in [2.75, 3.05) is 19.6 Å². The Kier molecular flexibility index (Phi) is 4.48. The summed E-state index contributed by atoms with van der Waals surface area (Å²) in [6.45, 7) is 4.39. The number of nitrogens with one attached hydrogen (secondary N) is 1. The molecule has 0 radical (unpaired) electrons. The van der Waals surface area contributed by atoms with Crippen LogP contribution in [0.3, 0.4) is 0 Å². The molecule has 2 aromatic heterocycles. The van der Waals surface area contributed by atoms with Gasteiger partial charge in [0.05, 0.1) is 12.7 Å². The quantitative estimate of drug-likeness (QED) is 0.793. The number of H-pyrrole nitrogens is 1. The maximum absolute atomic E-state index is 13.3. The van der Waals surface area contributed by atoms with Crippen LogP contribution in [0.2, 0.25) is 0 Å². The van der Waals surface area contributed by atoms with Crippen LogP contribution >= 0.6 is 0 Å². The summed E-state index contributed by atoms with van der Waals surface area (Å²) in [4.78, 5) is 5.61. The molecule has 0 unspecified atom stereocenters. The second-order valence-corrected chi connectivity index (χ2v) is 5.93. The molecule has 0 spiro atoms. The van der Waals surface area contributed by atoms with Gasteiger partial charge < -0.3 is 9.88 Å². The Hall–Kier alpha value is -2.14. The molecule has 0 saturated carbocycles. The smallest absolute Gasteiger partial charge is 0.125 e. The summed E-state index contributed by atoms with van der Waals surface area (Å²) in [6.07, 6.45) is 8.51. The first-order chi connectivity index (χ1) is 10.8. The molecule has 0 atom stereocenters. The molecule has 3 aromatic rings. The van der Waals surface area contributed by atoms with Crippen LogP contribution in [0.5, 0.6) is 0 Å². The van der Waals surface area contributed by atoms with Crippen LogP contribution in [0.1, 0.15) is 20.3 Å². The minimum absolute atomic E-state index is 0. The van der Waals surface area contributed by atoms with E-state index >= 15 is 0 Å². The van der Waals surface area contributed by atoms with Gasteiger partial charge in [-0.2, -0.15) is 5.10 Å². The van der Waals surface area contributed by atoms with Crippen LogP contribution in [0.25, 0.3) is 22.0 Å². The molecule has 0 amide bonds. The SMILES string of the molecule is C.Fc1ccc2c(-c3cnn(CCN4CCCC4)c3)c[nH]c2c1. The van der Waals surface area contributed by atoms with E-state index in [0.29, 0.717) is 0 Å². The highest BCUT2D eigenvalue weighted by Gasteiger charge is 2.12. The number of aromatic nitrogens is 3. The van der Waals surface area contributed by atoms with Crippen LogP contribution in [0.15, 0.2) is 36.8 Å². The van der Waals surface area contributed by atoms with Gasteiger partial charge in [0, 0.05) is 41.0 Å². The molecule has 0 bridgehead atoms. The molecule has 1 fully saturated rings. The number of nitrogens with zero attached hydrogens (tertiary/aromatic N) is 3. The third-order valence-electron chi connectivity index (χ3n) is 4.43.